The number of nitrogens with zero attached hydrogens (tertiary/aromatic N) is 1. The molecule has 0 atom stereocenters. The molecule has 1 amide bonds. The second-order valence-corrected chi connectivity index (χ2v) is 7.82. The zero-order valence-electron chi connectivity index (χ0n) is 14.1. The van der Waals surface area contributed by atoms with Gasteiger partial charge in [-0.05, 0) is 55.0 Å². The van der Waals surface area contributed by atoms with E-state index in [-0.39, 0.29) is 11.7 Å². The summed E-state index contributed by atoms with van der Waals surface area (Å²) in [5.41, 5.74) is 1.89. The Kier molecular flexibility index (Phi) is 4.94. The van der Waals surface area contributed by atoms with Crippen LogP contribution in [0.25, 0.3) is 0 Å². The summed E-state index contributed by atoms with van der Waals surface area (Å²) in [6.07, 6.45) is 0.603. The van der Waals surface area contributed by atoms with Gasteiger partial charge in [-0.3, -0.25) is 9.10 Å². The van der Waals surface area contributed by atoms with Gasteiger partial charge >= 0.3 is 5.97 Å². The molecule has 2 aromatic rings. The second kappa shape index (κ2) is 7.17. The number of esters is 1. The minimum atomic E-state index is -3.24. The van der Waals surface area contributed by atoms with Crippen molar-refractivity contribution < 1.29 is 22.7 Å². The molecule has 1 aliphatic rings. The number of anilines is 2. The van der Waals surface area contributed by atoms with Crippen molar-refractivity contribution in [3.05, 3.63) is 59.7 Å². The van der Waals surface area contributed by atoms with Gasteiger partial charge < -0.3 is 10.1 Å². The number of methoxy groups -OCH3 is 1. The Morgan fingerprint density at radius 1 is 1.00 bits per heavy atom. The molecule has 1 aliphatic heterocycles. The van der Waals surface area contributed by atoms with E-state index in [4.69, 9.17) is 0 Å². The van der Waals surface area contributed by atoms with Crippen LogP contribution in [0.5, 0.6) is 0 Å². The van der Waals surface area contributed by atoms with Crippen LogP contribution < -0.4 is 9.62 Å². The van der Waals surface area contributed by atoms with Gasteiger partial charge in [-0.15, -0.1) is 0 Å². The number of hydrogen-bond donors (Lipinski definition) is 1. The van der Waals surface area contributed by atoms with E-state index in [1.54, 1.807) is 48.5 Å². The normalized spacial score (nSPS) is 15.5. The fourth-order valence-corrected chi connectivity index (χ4v) is 4.28. The van der Waals surface area contributed by atoms with E-state index in [1.807, 2.05) is 0 Å². The zero-order chi connectivity index (χ0) is 18.7. The summed E-state index contributed by atoms with van der Waals surface area (Å²) >= 11 is 0. The van der Waals surface area contributed by atoms with Gasteiger partial charge in [-0.1, -0.05) is 0 Å². The van der Waals surface area contributed by atoms with E-state index >= 15 is 0 Å². The van der Waals surface area contributed by atoms with Crippen LogP contribution in [-0.4, -0.2) is 39.7 Å². The molecular weight excluding hydrogens is 356 g/mol. The Morgan fingerprint density at radius 3 is 2.15 bits per heavy atom. The molecular formula is C18H18N2O5S. The zero-order valence-corrected chi connectivity index (χ0v) is 15.0. The lowest BCUT2D eigenvalue weighted by atomic mass is 10.1. The van der Waals surface area contributed by atoms with Crippen LogP contribution in [0, 0.1) is 0 Å². The Balaban J connectivity index is 1.69. The minimum absolute atomic E-state index is 0.150. The summed E-state index contributed by atoms with van der Waals surface area (Å²) in [5, 5.41) is 2.72. The molecule has 0 spiro atoms. The highest BCUT2D eigenvalue weighted by molar-refractivity contribution is 7.93. The van der Waals surface area contributed by atoms with E-state index in [1.165, 1.54) is 11.4 Å². The minimum Gasteiger partial charge on any atom is -0.465 e. The molecule has 0 bridgehead atoms. The third-order valence-corrected chi connectivity index (χ3v) is 5.95. The average molecular weight is 374 g/mol. The van der Waals surface area contributed by atoms with E-state index in [0.717, 1.165) is 0 Å². The molecule has 1 saturated heterocycles. The van der Waals surface area contributed by atoms with Gasteiger partial charge in [0.15, 0.2) is 0 Å². The van der Waals surface area contributed by atoms with E-state index < -0.39 is 16.0 Å². The number of benzene rings is 2. The van der Waals surface area contributed by atoms with Crippen LogP contribution >= 0.6 is 0 Å². The number of carbonyl (C=O) groups excluding carboxylic acids is 2. The predicted octanol–water partition coefficient (Wildman–Crippen LogP) is 2.27. The first-order chi connectivity index (χ1) is 12.4. The molecule has 0 radical (unpaired) electrons. The number of amides is 1. The molecule has 0 aliphatic carbocycles. The van der Waals surface area contributed by atoms with E-state index in [2.05, 4.69) is 10.1 Å². The van der Waals surface area contributed by atoms with Crippen LogP contribution in [0.2, 0.25) is 0 Å². The molecule has 1 heterocycles. The van der Waals surface area contributed by atoms with E-state index in [0.29, 0.717) is 35.5 Å². The third-order valence-electron chi connectivity index (χ3n) is 4.08. The van der Waals surface area contributed by atoms with Gasteiger partial charge in [0.05, 0.1) is 24.1 Å². The summed E-state index contributed by atoms with van der Waals surface area (Å²) in [7, 11) is -1.94. The van der Waals surface area contributed by atoms with Crippen molar-refractivity contribution >= 4 is 33.3 Å². The molecule has 26 heavy (non-hydrogen) atoms. The van der Waals surface area contributed by atoms with Crippen LogP contribution in [0.1, 0.15) is 27.1 Å². The number of rotatable bonds is 4. The topological polar surface area (TPSA) is 92.8 Å². The standard InChI is InChI=1S/C18H18N2O5S/c1-25-18(22)14-3-7-15(8-4-14)19-17(21)13-5-9-16(10-6-13)20-11-2-12-26(20,23)24/h3-10H,2,11-12H2,1H3,(H,19,21). The lowest BCUT2D eigenvalue weighted by Gasteiger charge is -2.17. The number of ether oxygens (including phenoxy) is 1. The smallest absolute Gasteiger partial charge is 0.337 e. The van der Waals surface area contributed by atoms with Gasteiger partial charge in [0, 0.05) is 17.8 Å². The maximum Gasteiger partial charge on any atom is 0.337 e. The monoisotopic (exact) mass is 374 g/mol. The molecule has 1 fully saturated rings. The van der Waals surface area contributed by atoms with Gasteiger partial charge in [0.25, 0.3) is 5.91 Å². The summed E-state index contributed by atoms with van der Waals surface area (Å²) in [6.45, 7) is 0.459. The molecule has 0 unspecified atom stereocenters. The van der Waals surface area contributed by atoms with E-state index in [9.17, 15) is 18.0 Å². The lowest BCUT2D eigenvalue weighted by Crippen LogP contribution is -2.25. The molecule has 0 saturated carbocycles. The van der Waals surface area contributed by atoms with Crippen LogP contribution in [0.15, 0.2) is 48.5 Å². The molecule has 2 aromatic carbocycles. The molecule has 1 N–H and O–H groups in total. The Labute approximate surface area is 151 Å². The summed E-state index contributed by atoms with van der Waals surface area (Å²) in [4.78, 5) is 23.7. The molecule has 7 nitrogen and oxygen atoms in total. The van der Waals surface area contributed by atoms with Crippen LogP contribution in [-0.2, 0) is 14.8 Å². The first-order valence-corrected chi connectivity index (χ1v) is 9.62. The number of hydrogen-bond acceptors (Lipinski definition) is 5. The Bertz CT molecular complexity index is 921. The van der Waals surface area contributed by atoms with Gasteiger partial charge in [0.2, 0.25) is 10.0 Å². The summed E-state index contributed by atoms with van der Waals surface area (Å²) in [5.74, 6) is -0.626. The van der Waals surface area contributed by atoms with Gasteiger partial charge in [0.1, 0.15) is 0 Å². The molecule has 3 rings (SSSR count). The maximum absolute atomic E-state index is 12.3. The number of carbonyl (C=O) groups is 2. The summed E-state index contributed by atoms with van der Waals surface area (Å²) in [6, 6.07) is 12.7. The molecule has 0 aromatic heterocycles. The first-order valence-electron chi connectivity index (χ1n) is 8.01. The molecule has 136 valence electrons. The van der Waals surface area contributed by atoms with Crippen LogP contribution in [0.4, 0.5) is 11.4 Å². The summed E-state index contributed by atoms with van der Waals surface area (Å²) < 4.78 is 29.8. The number of sulfonamides is 1. The van der Waals surface area contributed by atoms with Crippen molar-refractivity contribution in [1.82, 2.24) is 0 Å². The first kappa shape index (κ1) is 17.9. The lowest BCUT2D eigenvalue weighted by molar-refractivity contribution is 0.0600. The van der Waals surface area contributed by atoms with Gasteiger partial charge in [-0.2, -0.15) is 0 Å². The fraction of sp³-hybridized carbons (Fsp3) is 0.222. The highest BCUT2D eigenvalue weighted by Gasteiger charge is 2.28. The maximum atomic E-state index is 12.3. The SMILES string of the molecule is COC(=O)c1ccc(NC(=O)c2ccc(N3CCCS3(=O)=O)cc2)cc1. The second-order valence-electron chi connectivity index (χ2n) is 5.81. The van der Waals surface area contributed by atoms with Crippen molar-refractivity contribution in [2.45, 2.75) is 6.42 Å². The van der Waals surface area contributed by atoms with Crippen molar-refractivity contribution in [1.29, 1.82) is 0 Å². The Hall–Kier alpha value is -2.87. The highest BCUT2D eigenvalue weighted by Crippen LogP contribution is 2.24. The average Bonchev–Trinajstić information content (AvgIpc) is 3.01. The van der Waals surface area contributed by atoms with Crippen molar-refractivity contribution in [2.75, 3.05) is 29.0 Å². The highest BCUT2D eigenvalue weighted by atomic mass is 32.2. The van der Waals surface area contributed by atoms with Crippen molar-refractivity contribution in [3.8, 4) is 0 Å². The molecule has 8 heteroatoms. The van der Waals surface area contributed by atoms with Crippen LogP contribution in [0.3, 0.4) is 0 Å². The quantitative estimate of drug-likeness (QED) is 0.829. The van der Waals surface area contributed by atoms with Crippen molar-refractivity contribution in [3.63, 3.8) is 0 Å². The largest absolute Gasteiger partial charge is 0.465 e. The predicted molar refractivity (Wildman–Crippen MR) is 97.9 cm³/mol. The fourth-order valence-electron chi connectivity index (χ4n) is 2.72. The third kappa shape index (κ3) is 3.70. The van der Waals surface area contributed by atoms with Gasteiger partial charge in [-0.25, -0.2) is 13.2 Å². The number of nitrogens with one attached hydrogen (secondary N) is 1. The Morgan fingerprint density at radius 2 is 1.62 bits per heavy atom. The van der Waals surface area contributed by atoms with Crippen molar-refractivity contribution in [2.24, 2.45) is 0 Å².